The lowest BCUT2D eigenvalue weighted by Crippen LogP contribution is -2.16. The summed E-state index contributed by atoms with van der Waals surface area (Å²) in [7, 11) is 0. The van der Waals surface area contributed by atoms with Crippen LogP contribution in [0.1, 0.15) is 33.1 Å². The Morgan fingerprint density at radius 3 is 2.50 bits per heavy atom. The summed E-state index contributed by atoms with van der Waals surface area (Å²) in [5.41, 5.74) is 0. The molecule has 0 bridgehead atoms. The third-order valence-corrected chi connectivity index (χ3v) is 2.13. The molecule has 14 heavy (non-hydrogen) atoms. The van der Waals surface area contributed by atoms with Gasteiger partial charge in [0.1, 0.15) is 0 Å². The van der Waals surface area contributed by atoms with Crippen LogP contribution < -0.4 is 0 Å². The maximum atomic E-state index is 10.8. The second-order valence-corrected chi connectivity index (χ2v) is 3.76. The summed E-state index contributed by atoms with van der Waals surface area (Å²) in [5.74, 6) is -0.929. The van der Waals surface area contributed by atoms with Crippen molar-refractivity contribution in [2.45, 2.75) is 33.1 Å². The Bertz CT molecular complexity index is 204. The smallest absolute Gasteiger partial charge is 0.310 e. The van der Waals surface area contributed by atoms with Crippen molar-refractivity contribution >= 4 is 5.97 Å². The van der Waals surface area contributed by atoms with E-state index in [1.54, 1.807) is 6.08 Å². The minimum Gasteiger partial charge on any atom is -0.481 e. The molecule has 0 aliphatic carbocycles. The molecule has 0 saturated heterocycles. The molecule has 0 saturated carbocycles. The summed E-state index contributed by atoms with van der Waals surface area (Å²) in [4.78, 5) is 10.8. The number of carboxylic acid groups (broad SMARTS) is 1. The molecule has 0 heterocycles. The van der Waals surface area contributed by atoms with Gasteiger partial charge in [0.25, 0.3) is 0 Å². The van der Waals surface area contributed by atoms with E-state index >= 15 is 0 Å². The van der Waals surface area contributed by atoms with E-state index in [-0.39, 0.29) is 11.8 Å². The quantitative estimate of drug-likeness (QED) is 0.501. The van der Waals surface area contributed by atoms with Gasteiger partial charge in [0.05, 0.1) is 5.92 Å². The highest BCUT2D eigenvalue weighted by molar-refractivity contribution is 5.72. The maximum Gasteiger partial charge on any atom is 0.310 e. The fourth-order valence-electron chi connectivity index (χ4n) is 1.21. The second-order valence-electron chi connectivity index (χ2n) is 3.76. The number of hydrogen-bond donors (Lipinski definition) is 1. The van der Waals surface area contributed by atoms with E-state index in [4.69, 9.17) is 5.11 Å². The average Bonchev–Trinajstić information content (AvgIpc) is 2.09. The van der Waals surface area contributed by atoms with Gasteiger partial charge < -0.3 is 5.11 Å². The third kappa shape index (κ3) is 5.57. The fraction of sp³-hybridized carbons (Fsp3) is 0.583. The Kier molecular flexibility index (Phi) is 6.81. The number of carbonyl (C=O) groups is 1. The predicted molar refractivity (Wildman–Crippen MR) is 59.2 cm³/mol. The SMILES string of the molecule is C=CCCC/C=C/C(C(=O)O)C(C)C. The molecular formula is C12H20O2. The summed E-state index contributed by atoms with van der Waals surface area (Å²) in [6.07, 6.45) is 8.61. The van der Waals surface area contributed by atoms with Gasteiger partial charge >= 0.3 is 5.97 Å². The van der Waals surface area contributed by atoms with E-state index in [0.717, 1.165) is 19.3 Å². The highest BCUT2D eigenvalue weighted by atomic mass is 16.4. The summed E-state index contributed by atoms with van der Waals surface area (Å²) in [6, 6.07) is 0. The van der Waals surface area contributed by atoms with Crippen LogP contribution in [0, 0.1) is 11.8 Å². The van der Waals surface area contributed by atoms with E-state index in [1.165, 1.54) is 0 Å². The van der Waals surface area contributed by atoms with Crippen LogP contribution in [0.4, 0.5) is 0 Å². The van der Waals surface area contributed by atoms with Crippen molar-refractivity contribution in [3.8, 4) is 0 Å². The molecule has 1 atom stereocenters. The van der Waals surface area contributed by atoms with Crippen molar-refractivity contribution in [2.24, 2.45) is 11.8 Å². The van der Waals surface area contributed by atoms with Crippen molar-refractivity contribution in [3.05, 3.63) is 24.8 Å². The van der Waals surface area contributed by atoms with E-state index < -0.39 is 5.97 Å². The zero-order chi connectivity index (χ0) is 11.0. The zero-order valence-electron chi connectivity index (χ0n) is 9.07. The first kappa shape index (κ1) is 12.9. The van der Waals surface area contributed by atoms with Gasteiger partial charge in [0, 0.05) is 0 Å². The maximum absolute atomic E-state index is 10.8. The van der Waals surface area contributed by atoms with Gasteiger partial charge in [-0.15, -0.1) is 6.58 Å². The third-order valence-electron chi connectivity index (χ3n) is 2.13. The average molecular weight is 196 g/mol. The van der Waals surface area contributed by atoms with Crippen molar-refractivity contribution in [2.75, 3.05) is 0 Å². The van der Waals surface area contributed by atoms with Crippen molar-refractivity contribution in [1.29, 1.82) is 0 Å². The van der Waals surface area contributed by atoms with Crippen LogP contribution >= 0.6 is 0 Å². The molecule has 0 aliphatic heterocycles. The number of rotatable bonds is 7. The highest BCUT2D eigenvalue weighted by Gasteiger charge is 2.17. The van der Waals surface area contributed by atoms with E-state index in [2.05, 4.69) is 6.58 Å². The summed E-state index contributed by atoms with van der Waals surface area (Å²) >= 11 is 0. The zero-order valence-corrected chi connectivity index (χ0v) is 9.07. The topological polar surface area (TPSA) is 37.3 Å². The summed E-state index contributed by atoms with van der Waals surface area (Å²) in [5, 5.41) is 8.88. The molecule has 0 fully saturated rings. The lowest BCUT2D eigenvalue weighted by Gasteiger charge is -2.10. The van der Waals surface area contributed by atoms with E-state index in [1.807, 2.05) is 26.0 Å². The molecule has 0 aromatic rings. The molecule has 0 aliphatic rings. The number of aliphatic carboxylic acids is 1. The van der Waals surface area contributed by atoms with Crippen molar-refractivity contribution in [3.63, 3.8) is 0 Å². The van der Waals surface area contributed by atoms with Gasteiger partial charge in [-0.1, -0.05) is 32.1 Å². The van der Waals surface area contributed by atoms with E-state index in [0.29, 0.717) is 0 Å². The largest absolute Gasteiger partial charge is 0.481 e. The van der Waals surface area contributed by atoms with Crippen molar-refractivity contribution in [1.82, 2.24) is 0 Å². The predicted octanol–water partition coefficient (Wildman–Crippen LogP) is 3.26. The highest BCUT2D eigenvalue weighted by Crippen LogP contribution is 2.13. The standard InChI is InChI=1S/C12H20O2/c1-4-5-6-7-8-9-11(10(2)3)12(13)14/h4,8-11H,1,5-7H2,2-3H3,(H,13,14)/b9-8+. The Labute approximate surface area is 86.3 Å². The van der Waals surface area contributed by atoms with Crippen LogP contribution in [0.15, 0.2) is 24.8 Å². The molecule has 2 nitrogen and oxygen atoms in total. The molecule has 1 N–H and O–H groups in total. The van der Waals surface area contributed by atoms with Crippen LogP contribution in [0.2, 0.25) is 0 Å². The number of carboxylic acids is 1. The van der Waals surface area contributed by atoms with Crippen LogP contribution in [0.3, 0.4) is 0 Å². The number of unbranched alkanes of at least 4 members (excludes halogenated alkanes) is 2. The lowest BCUT2D eigenvalue weighted by molar-refractivity contribution is -0.141. The molecule has 80 valence electrons. The fourth-order valence-corrected chi connectivity index (χ4v) is 1.21. The molecular weight excluding hydrogens is 176 g/mol. The van der Waals surface area contributed by atoms with Crippen molar-refractivity contribution < 1.29 is 9.90 Å². The Morgan fingerprint density at radius 1 is 1.43 bits per heavy atom. The number of hydrogen-bond acceptors (Lipinski definition) is 1. The normalized spacial score (nSPS) is 13.4. The summed E-state index contributed by atoms with van der Waals surface area (Å²) in [6.45, 7) is 7.48. The molecule has 0 amide bonds. The molecule has 1 unspecified atom stereocenters. The lowest BCUT2D eigenvalue weighted by atomic mass is 9.95. The first-order chi connectivity index (χ1) is 6.59. The molecule has 0 radical (unpaired) electrons. The first-order valence-electron chi connectivity index (χ1n) is 5.10. The monoisotopic (exact) mass is 196 g/mol. The molecule has 0 rings (SSSR count). The first-order valence-corrected chi connectivity index (χ1v) is 5.10. The van der Waals surface area contributed by atoms with Gasteiger partial charge in [-0.25, -0.2) is 0 Å². The molecule has 2 heteroatoms. The van der Waals surface area contributed by atoms with Crippen LogP contribution in [-0.2, 0) is 4.79 Å². The molecule has 0 aromatic heterocycles. The molecule has 0 spiro atoms. The second kappa shape index (κ2) is 7.36. The van der Waals surface area contributed by atoms with Crippen LogP contribution in [-0.4, -0.2) is 11.1 Å². The van der Waals surface area contributed by atoms with Gasteiger partial charge in [-0.3, -0.25) is 4.79 Å². The number of allylic oxidation sites excluding steroid dienone is 2. The van der Waals surface area contributed by atoms with Crippen LogP contribution in [0.5, 0.6) is 0 Å². The summed E-state index contributed by atoms with van der Waals surface area (Å²) < 4.78 is 0. The Hall–Kier alpha value is -1.05. The van der Waals surface area contributed by atoms with Gasteiger partial charge in [0.2, 0.25) is 0 Å². The minimum atomic E-state index is -0.736. The van der Waals surface area contributed by atoms with Crippen LogP contribution in [0.25, 0.3) is 0 Å². The Balaban J connectivity index is 3.91. The van der Waals surface area contributed by atoms with Gasteiger partial charge in [0.15, 0.2) is 0 Å². The van der Waals surface area contributed by atoms with E-state index in [9.17, 15) is 4.79 Å². The minimum absolute atomic E-state index is 0.156. The Morgan fingerprint density at radius 2 is 2.07 bits per heavy atom. The van der Waals surface area contributed by atoms with Gasteiger partial charge in [-0.05, 0) is 25.2 Å². The molecule has 0 aromatic carbocycles. The van der Waals surface area contributed by atoms with Gasteiger partial charge in [-0.2, -0.15) is 0 Å².